The molecule has 0 aliphatic carbocycles. The lowest BCUT2D eigenvalue weighted by Gasteiger charge is -2.31. The second kappa shape index (κ2) is 12.4. The third-order valence-electron chi connectivity index (χ3n) is 5.74. The lowest BCUT2D eigenvalue weighted by Crippen LogP contribution is -2.47. The molecule has 0 spiro atoms. The van der Waals surface area contributed by atoms with E-state index in [1.54, 1.807) is 40.0 Å². The quantitative estimate of drug-likeness (QED) is 0.469. The van der Waals surface area contributed by atoms with Gasteiger partial charge in [-0.25, -0.2) is 4.79 Å². The number of ether oxygens (including phenoxy) is 3. The maximum absolute atomic E-state index is 12.6. The molecule has 192 valence electrons. The molecule has 1 unspecified atom stereocenters. The van der Waals surface area contributed by atoms with Crippen LogP contribution in [0.2, 0.25) is 0 Å². The molecular weight excluding hydrogens is 446 g/mol. The number of methoxy groups -OCH3 is 1. The first kappa shape index (κ1) is 28.0. The summed E-state index contributed by atoms with van der Waals surface area (Å²) in [6, 6.07) is 10.5. The van der Waals surface area contributed by atoms with Crippen molar-refractivity contribution >= 4 is 12.0 Å². The Morgan fingerprint density at radius 2 is 1.69 bits per heavy atom. The zero-order valence-corrected chi connectivity index (χ0v) is 21.7. The van der Waals surface area contributed by atoms with E-state index < -0.39 is 17.5 Å². The minimum absolute atomic E-state index is 0.0286. The van der Waals surface area contributed by atoms with Gasteiger partial charge >= 0.3 is 12.0 Å². The van der Waals surface area contributed by atoms with Gasteiger partial charge in [0.2, 0.25) is 0 Å². The van der Waals surface area contributed by atoms with Gasteiger partial charge in [0.15, 0.2) is 11.5 Å². The average molecular weight is 486 g/mol. The molecule has 2 aromatic rings. The van der Waals surface area contributed by atoms with Gasteiger partial charge in [-0.1, -0.05) is 24.3 Å². The molecule has 0 aliphatic rings. The number of amides is 2. The van der Waals surface area contributed by atoms with Gasteiger partial charge in [-0.2, -0.15) is 0 Å². The summed E-state index contributed by atoms with van der Waals surface area (Å²) in [5, 5.41) is 0. The molecule has 0 fully saturated rings. The Bertz CT molecular complexity index is 1020. The van der Waals surface area contributed by atoms with E-state index in [4.69, 9.17) is 25.7 Å². The van der Waals surface area contributed by atoms with Crippen LogP contribution in [0.25, 0.3) is 0 Å². The van der Waals surface area contributed by atoms with Crippen LogP contribution >= 0.6 is 0 Å². The molecule has 0 bridgehead atoms. The summed E-state index contributed by atoms with van der Waals surface area (Å²) in [6.45, 7) is 10.5. The summed E-state index contributed by atoms with van der Waals surface area (Å²) in [5.74, 6) is 0.762. The molecule has 0 heterocycles. The Kier molecular flexibility index (Phi) is 9.95. The summed E-state index contributed by atoms with van der Waals surface area (Å²) < 4.78 is 16.7. The first-order chi connectivity index (χ1) is 16.5. The van der Waals surface area contributed by atoms with Crippen LogP contribution in [0.5, 0.6) is 11.5 Å². The van der Waals surface area contributed by atoms with Gasteiger partial charge in [-0.3, -0.25) is 4.79 Å². The van der Waals surface area contributed by atoms with Crippen LogP contribution in [-0.4, -0.2) is 49.8 Å². The maximum Gasteiger partial charge on any atom is 0.315 e. The molecule has 2 rings (SSSR count). The highest BCUT2D eigenvalue weighted by Crippen LogP contribution is 2.29. The summed E-state index contributed by atoms with van der Waals surface area (Å²) in [7, 11) is 1.55. The highest BCUT2D eigenvalue weighted by molar-refractivity contribution is 5.75. The maximum atomic E-state index is 12.6. The fraction of sp³-hybridized carbons (Fsp3) is 0.481. The van der Waals surface area contributed by atoms with Crippen molar-refractivity contribution in [1.82, 2.24) is 4.90 Å². The van der Waals surface area contributed by atoms with Gasteiger partial charge in [0.25, 0.3) is 0 Å². The first-order valence-corrected chi connectivity index (χ1v) is 11.8. The summed E-state index contributed by atoms with van der Waals surface area (Å²) in [5.41, 5.74) is 14.9. The van der Waals surface area contributed by atoms with Crippen molar-refractivity contribution in [2.75, 3.05) is 26.9 Å². The molecule has 0 radical (unpaired) electrons. The van der Waals surface area contributed by atoms with E-state index >= 15 is 0 Å². The third kappa shape index (κ3) is 8.17. The monoisotopic (exact) mass is 485 g/mol. The predicted octanol–water partition coefficient (Wildman–Crippen LogP) is 3.73. The van der Waals surface area contributed by atoms with E-state index in [9.17, 15) is 9.59 Å². The minimum Gasteiger partial charge on any atom is -0.493 e. The normalized spacial score (nSPS) is 12.1. The lowest BCUT2D eigenvalue weighted by molar-refractivity contribution is -0.154. The number of primary amides is 1. The van der Waals surface area contributed by atoms with Crippen LogP contribution < -0.4 is 20.9 Å². The Morgan fingerprint density at radius 1 is 1.00 bits per heavy atom. The highest BCUT2D eigenvalue weighted by Gasteiger charge is 2.28. The SMILES string of the molecule is COc1cc(CN(C(N)=O)C(COC(=O)C(C)(C)C)Cc2ccc(C)c(C)c2)ccc1OCCN. The Morgan fingerprint density at radius 3 is 2.26 bits per heavy atom. The van der Waals surface area contributed by atoms with Crippen LogP contribution in [0.3, 0.4) is 0 Å². The lowest BCUT2D eigenvalue weighted by atomic mass is 9.97. The van der Waals surface area contributed by atoms with E-state index in [2.05, 4.69) is 6.07 Å². The van der Waals surface area contributed by atoms with Crippen molar-refractivity contribution < 1.29 is 23.8 Å². The molecule has 8 nitrogen and oxygen atoms in total. The molecule has 8 heteroatoms. The van der Waals surface area contributed by atoms with Crippen LogP contribution in [0.1, 0.15) is 43.0 Å². The van der Waals surface area contributed by atoms with Gasteiger partial charge < -0.3 is 30.6 Å². The predicted molar refractivity (Wildman–Crippen MR) is 136 cm³/mol. The molecule has 4 N–H and O–H groups in total. The summed E-state index contributed by atoms with van der Waals surface area (Å²) >= 11 is 0. The van der Waals surface area contributed by atoms with Crippen LogP contribution in [0.4, 0.5) is 4.79 Å². The highest BCUT2D eigenvalue weighted by atomic mass is 16.5. The van der Waals surface area contributed by atoms with Crippen LogP contribution in [-0.2, 0) is 22.5 Å². The fourth-order valence-corrected chi connectivity index (χ4v) is 3.53. The topological polar surface area (TPSA) is 117 Å². The average Bonchev–Trinajstić information content (AvgIpc) is 2.80. The Balaban J connectivity index is 2.34. The molecule has 0 saturated carbocycles. The standard InChI is InChI=1S/C27H39N3O5/c1-18-7-8-20(13-19(18)2)14-22(17-35-25(31)27(3,4)5)30(26(29)32)16-21-9-10-23(34-12-11-28)24(15-21)33-6/h7-10,13,15,22H,11-12,14,16-17,28H2,1-6H3,(H2,29,32). The number of esters is 1. The number of nitrogens with two attached hydrogens (primary N) is 2. The molecule has 0 saturated heterocycles. The first-order valence-electron chi connectivity index (χ1n) is 11.8. The van der Waals surface area contributed by atoms with Crippen molar-refractivity contribution in [1.29, 1.82) is 0 Å². The molecule has 0 aromatic heterocycles. The zero-order chi connectivity index (χ0) is 26.2. The van der Waals surface area contributed by atoms with E-state index in [1.807, 2.05) is 32.0 Å². The second-order valence-electron chi connectivity index (χ2n) is 9.71. The van der Waals surface area contributed by atoms with Gasteiger partial charge in [0.1, 0.15) is 13.2 Å². The van der Waals surface area contributed by atoms with E-state index in [-0.39, 0.29) is 19.1 Å². The van der Waals surface area contributed by atoms with E-state index in [1.165, 1.54) is 10.5 Å². The van der Waals surface area contributed by atoms with Crippen molar-refractivity contribution in [3.05, 3.63) is 58.7 Å². The molecular formula is C27H39N3O5. The number of benzene rings is 2. The smallest absolute Gasteiger partial charge is 0.315 e. The molecule has 0 aliphatic heterocycles. The number of hydrogen-bond donors (Lipinski definition) is 2. The van der Waals surface area contributed by atoms with Gasteiger partial charge in [-0.15, -0.1) is 0 Å². The number of rotatable bonds is 11. The number of hydrogen-bond acceptors (Lipinski definition) is 6. The summed E-state index contributed by atoms with van der Waals surface area (Å²) in [6.07, 6.45) is 0.482. The molecule has 1 atom stereocenters. The molecule has 2 aromatic carbocycles. The second-order valence-corrected chi connectivity index (χ2v) is 9.71. The minimum atomic E-state index is -0.657. The summed E-state index contributed by atoms with van der Waals surface area (Å²) in [4.78, 5) is 26.6. The number of aryl methyl sites for hydroxylation is 2. The zero-order valence-electron chi connectivity index (χ0n) is 21.7. The van der Waals surface area contributed by atoms with Crippen LogP contribution in [0, 0.1) is 19.3 Å². The van der Waals surface area contributed by atoms with Crippen molar-refractivity contribution in [3.8, 4) is 11.5 Å². The number of carbonyl (C=O) groups excluding carboxylic acids is 2. The van der Waals surface area contributed by atoms with E-state index in [0.717, 1.165) is 16.7 Å². The third-order valence-corrected chi connectivity index (χ3v) is 5.74. The van der Waals surface area contributed by atoms with E-state index in [0.29, 0.717) is 31.1 Å². The van der Waals surface area contributed by atoms with Gasteiger partial charge in [-0.05, 0) is 75.4 Å². The molecule has 35 heavy (non-hydrogen) atoms. The number of nitrogens with zero attached hydrogens (tertiary/aromatic N) is 1. The largest absolute Gasteiger partial charge is 0.493 e. The Hall–Kier alpha value is -3.26. The van der Waals surface area contributed by atoms with Crippen molar-refractivity contribution in [2.24, 2.45) is 16.9 Å². The van der Waals surface area contributed by atoms with Crippen molar-refractivity contribution in [3.63, 3.8) is 0 Å². The van der Waals surface area contributed by atoms with Crippen LogP contribution in [0.15, 0.2) is 36.4 Å². The Labute approximate surface area is 208 Å². The molecule has 2 amide bonds. The van der Waals surface area contributed by atoms with Gasteiger partial charge in [0.05, 0.1) is 18.6 Å². The fourth-order valence-electron chi connectivity index (χ4n) is 3.53. The number of urea groups is 1. The number of carbonyl (C=O) groups is 2. The van der Waals surface area contributed by atoms with Gasteiger partial charge in [0, 0.05) is 13.1 Å². The van der Waals surface area contributed by atoms with Crippen molar-refractivity contribution in [2.45, 2.75) is 53.6 Å².